The van der Waals surface area contributed by atoms with Crippen molar-refractivity contribution in [1.82, 2.24) is 5.32 Å². The lowest BCUT2D eigenvalue weighted by Gasteiger charge is -2.35. The molecule has 0 unspecified atom stereocenters. The van der Waals surface area contributed by atoms with Crippen LogP contribution in [-0.2, 0) is 14.3 Å². The fourth-order valence-corrected chi connectivity index (χ4v) is 2.67. The summed E-state index contributed by atoms with van der Waals surface area (Å²) in [5, 5.41) is 6.19. The highest BCUT2D eigenvalue weighted by Crippen LogP contribution is 2.31. The van der Waals surface area contributed by atoms with Crippen LogP contribution < -0.4 is 21.1 Å². The van der Waals surface area contributed by atoms with Gasteiger partial charge in [0.05, 0.1) is 12.0 Å². The number of nitrogens with two attached hydrogens (primary N) is 1. The molecule has 0 atom stereocenters. The Morgan fingerprint density at radius 3 is 2.42 bits per heavy atom. The number of hydrogen-bond donors (Lipinski definition) is 3. The number of ether oxygens (including phenoxy) is 2. The lowest BCUT2D eigenvalue weighted by Crippen LogP contribution is -2.47. The molecule has 2 amide bonds. The summed E-state index contributed by atoms with van der Waals surface area (Å²) in [6.07, 6.45) is 1.49. The first kappa shape index (κ1) is 20.2. The van der Waals surface area contributed by atoms with E-state index in [0.29, 0.717) is 18.0 Å². The lowest BCUT2D eigenvalue weighted by atomic mass is 9.78. The molecule has 1 saturated heterocycles. The van der Waals surface area contributed by atoms with Crippen molar-refractivity contribution in [3.8, 4) is 5.75 Å². The molecule has 1 aromatic carbocycles. The van der Waals surface area contributed by atoms with Crippen LogP contribution in [0.15, 0.2) is 24.3 Å². The molecule has 1 heterocycles. The summed E-state index contributed by atoms with van der Waals surface area (Å²) >= 11 is 0. The van der Waals surface area contributed by atoms with Crippen molar-refractivity contribution in [3.63, 3.8) is 0 Å². The fraction of sp³-hybridized carbons (Fsp3) is 0.500. The Morgan fingerprint density at radius 1 is 1.25 bits per heavy atom. The second-order valence-corrected chi connectivity index (χ2v) is 5.70. The molecule has 0 aliphatic carbocycles. The average Bonchev–Trinajstić information content (AvgIpc) is 2.55. The van der Waals surface area contributed by atoms with Gasteiger partial charge in [-0.1, -0.05) is 0 Å². The molecule has 1 aromatic rings. The van der Waals surface area contributed by atoms with E-state index in [2.05, 4.69) is 10.6 Å². The molecule has 0 bridgehead atoms. The summed E-state index contributed by atoms with van der Waals surface area (Å²) in [7, 11) is 1.61. The van der Waals surface area contributed by atoms with Crippen molar-refractivity contribution in [2.24, 2.45) is 11.1 Å². The number of piperidine rings is 1. The Labute approximate surface area is 147 Å². The van der Waals surface area contributed by atoms with E-state index < -0.39 is 11.3 Å². The van der Waals surface area contributed by atoms with Crippen LogP contribution in [0.4, 0.5) is 5.69 Å². The number of carbonyl (C=O) groups excluding carboxylic acids is 2. The van der Waals surface area contributed by atoms with Crippen LogP contribution in [0.3, 0.4) is 0 Å². The zero-order valence-electron chi connectivity index (χ0n) is 13.7. The quantitative estimate of drug-likeness (QED) is 0.673. The van der Waals surface area contributed by atoms with Crippen LogP contribution in [0.25, 0.3) is 0 Å². The van der Waals surface area contributed by atoms with Gasteiger partial charge in [0, 0.05) is 12.8 Å². The predicted molar refractivity (Wildman–Crippen MR) is 93.4 cm³/mol. The minimum atomic E-state index is -0.533. The maximum Gasteiger partial charge on any atom is 0.255 e. The van der Waals surface area contributed by atoms with Crippen LogP contribution >= 0.6 is 12.4 Å². The van der Waals surface area contributed by atoms with Gasteiger partial charge in [0.1, 0.15) is 5.75 Å². The average molecular weight is 358 g/mol. The second-order valence-electron chi connectivity index (χ2n) is 5.70. The molecule has 0 saturated carbocycles. The molecule has 2 rings (SSSR count). The predicted octanol–water partition coefficient (Wildman–Crippen LogP) is 0.927. The van der Waals surface area contributed by atoms with Crippen molar-refractivity contribution in [3.05, 3.63) is 24.3 Å². The maximum absolute atomic E-state index is 12.7. The Balaban J connectivity index is 0.00000288. The fourth-order valence-electron chi connectivity index (χ4n) is 2.67. The van der Waals surface area contributed by atoms with Gasteiger partial charge >= 0.3 is 0 Å². The third kappa shape index (κ3) is 5.36. The normalized spacial score (nSPS) is 15.9. The molecular formula is C16H24ClN3O4. The van der Waals surface area contributed by atoms with Gasteiger partial charge in [-0.05, 0) is 50.2 Å². The minimum absolute atomic E-state index is 0. The first-order valence-corrected chi connectivity index (χ1v) is 7.58. The van der Waals surface area contributed by atoms with Crippen LogP contribution in [0, 0.1) is 5.41 Å². The molecule has 0 aromatic heterocycles. The number of methoxy groups -OCH3 is 1. The van der Waals surface area contributed by atoms with Crippen molar-refractivity contribution in [1.29, 1.82) is 0 Å². The highest BCUT2D eigenvalue weighted by Gasteiger charge is 2.39. The number of anilines is 1. The van der Waals surface area contributed by atoms with Crippen molar-refractivity contribution in [2.45, 2.75) is 12.8 Å². The highest BCUT2D eigenvalue weighted by molar-refractivity contribution is 5.95. The van der Waals surface area contributed by atoms with Gasteiger partial charge in [-0.3, -0.25) is 9.59 Å². The number of benzene rings is 1. The Hall–Kier alpha value is -1.83. The van der Waals surface area contributed by atoms with Gasteiger partial charge in [0.2, 0.25) is 5.91 Å². The van der Waals surface area contributed by atoms with Crippen LogP contribution in [0.2, 0.25) is 0 Å². The number of hydrogen-bond acceptors (Lipinski definition) is 5. The van der Waals surface area contributed by atoms with Gasteiger partial charge in [-0.25, -0.2) is 0 Å². The van der Waals surface area contributed by atoms with E-state index in [-0.39, 0.29) is 24.9 Å². The van der Waals surface area contributed by atoms with Gasteiger partial charge in [0.25, 0.3) is 5.91 Å². The molecule has 24 heavy (non-hydrogen) atoms. The number of carbonyl (C=O) groups is 2. The van der Waals surface area contributed by atoms with Crippen LogP contribution in [0.5, 0.6) is 5.75 Å². The topological polar surface area (TPSA) is 103 Å². The molecule has 8 heteroatoms. The van der Waals surface area contributed by atoms with Crippen molar-refractivity contribution in [2.75, 3.05) is 38.7 Å². The van der Waals surface area contributed by atoms with E-state index in [1.165, 1.54) is 0 Å². The summed E-state index contributed by atoms with van der Waals surface area (Å²) in [6.45, 7) is 1.84. The summed E-state index contributed by atoms with van der Waals surface area (Å²) < 4.78 is 10.5. The summed E-state index contributed by atoms with van der Waals surface area (Å²) in [5.41, 5.74) is 5.20. The Morgan fingerprint density at radius 2 is 1.88 bits per heavy atom. The van der Waals surface area contributed by atoms with E-state index in [4.69, 9.17) is 15.2 Å². The van der Waals surface area contributed by atoms with Gasteiger partial charge in [-0.15, -0.1) is 12.4 Å². The first-order valence-electron chi connectivity index (χ1n) is 7.58. The van der Waals surface area contributed by atoms with E-state index in [0.717, 1.165) is 25.9 Å². The van der Waals surface area contributed by atoms with Crippen LogP contribution in [0.1, 0.15) is 12.8 Å². The number of amides is 2. The van der Waals surface area contributed by atoms with Gasteiger partial charge in [-0.2, -0.15) is 0 Å². The minimum Gasteiger partial charge on any atom is -0.484 e. The van der Waals surface area contributed by atoms with E-state index >= 15 is 0 Å². The number of primary amides is 1. The van der Waals surface area contributed by atoms with E-state index in [1.54, 1.807) is 31.4 Å². The van der Waals surface area contributed by atoms with E-state index in [1.807, 2.05) is 0 Å². The molecule has 1 aliphatic heterocycles. The van der Waals surface area contributed by atoms with Crippen molar-refractivity contribution < 1.29 is 19.1 Å². The number of nitrogens with one attached hydrogen (secondary N) is 2. The molecule has 1 fully saturated rings. The molecular weight excluding hydrogens is 334 g/mol. The molecule has 0 spiro atoms. The van der Waals surface area contributed by atoms with Gasteiger partial charge < -0.3 is 25.8 Å². The molecule has 1 aliphatic rings. The molecule has 7 nitrogen and oxygen atoms in total. The Kier molecular flexibility index (Phi) is 7.97. The molecule has 134 valence electrons. The Bertz CT molecular complexity index is 539. The second kappa shape index (κ2) is 9.46. The highest BCUT2D eigenvalue weighted by atomic mass is 35.5. The summed E-state index contributed by atoms with van der Waals surface area (Å²) in [6, 6.07) is 6.83. The zero-order valence-corrected chi connectivity index (χ0v) is 14.5. The lowest BCUT2D eigenvalue weighted by molar-refractivity contribution is -0.130. The number of rotatable bonds is 7. The van der Waals surface area contributed by atoms with Gasteiger partial charge in [0.15, 0.2) is 6.61 Å². The van der Waals surface area contributed by atoms with Crippen molar-refractivity contribution >= 4 is 29.9 Å². The maximum atomic E-state index is 12.7. The first-order chi connectivity index (χ1) is 11.1. The zero-order chi connectivity index (χ0) is 16.7. The summed E-state index contributed by atoms with van der Waals surface area (Å²) in [5.74, 6) is -0.0447. The SMILES string of the molecule is COCC1(C(=O)Nc2ccc(OCC(N)=O)cc2)CCNCC1.Cl. The summed E-state index contributed by atoms with van der Waals surface area (Å²) in [4.78, 5) is 23.3. The van der Waals surface area contributed by atoms with Crippen LogP contribution in [-0.4, -0.2) is 45.2 Å². The molecule has 4 N–H and O–H groups in total. The third-order valence-electron chi connectivity index (χ3n) is 3.96. The standard InChI is InChI=1S/C16H23N3O4.ClH/c1-22-11-16(6-8-18-9-7-16)15(21)19-12-2-4-13(5-3-12)23-10-14(17)20;/h2-5,18H,6-11H2,1H3,(H2,17,20)(H,19,21);1H. The third-order valence-corrected chi connectivity index (χ3v) is 3.96. The smallest absolute Gasteiger partial charge is 0.255 e. The van der Waals surface area contributed by atoms with E-state index in [9.17, 15) is 9.59 Å². The number of halogens is 1. The molecule has 0 radical (unpaired) electrons. The monoisotopic (exact) mass is 357 g/mol. The largest absolute Gasteiger partial charge is 0.484 e.